The molecule has 0 radical (unpaired) electrons. The van der Waals surface area contributed by atoms with Gasteiger partial charge in [0.2, 0.25) is 11.8 Å². The van der Waals surface area contributed by atoms with Crippen LogP contribution in [0.5, 0.6) is 0 Å². The molecule has 2 unspecified atom stereocenters. The first-order chi connectivity index (χ1) is 20.2. The summed E-state index contributed by atoms with van der Waals surface area (Å²) in [5, 5.41) is 3.78. The summed E-state index contributed by atoms with van der Waals surface area (Å²) >= 11 is 6.58. The first-order valence-corrected chi connectivity index (χ1v) is 15.7. The molecule has 0 saturated carbocycles. The number of amides is 2. The minimum absolute atomic E-state index is 0.0450. The van der Waals surface area contributed by atoms with E-state index in [-0.39, 0.29) is 29.7 Å². The Balaban J connectivity index is 1.34. The number of halogens is 3. The minimum atomic E-state index is -0.611. The van der Waals surface area contributed by atoms with E-state index < -0.39 is 17.6 Å². The molecule has 2 amide bonds. The van der Waals surface area contributed by atoms with E-state index in [1.807, 2.05) is 17.9 Å². The predicted molar refractivity (Wildman–Crippen MR) is 160 cm³/mol. The van der Waals surface area contributed by atoms with Crippen molar-refractivity contribution in [3.63, 3.8) is 0 Å². The molecule has 0 aromatic heterocycles. The number of rotatable bonds is 7. The molecular formula is C33H42ClF2N3O3. The van der Waals surface area contributed by atoms with Gasteiger partial charge in [0.1, 0.15) is 11.6 Å². The Hall–Kier alpha value is -2.55. The quantitative estimate of drug-likeness (QED) is 0.416. The summed E-state index contributed by atoms with van der Waals surface area (Å²) < 4.78 is 34.3. The van der Waals surface area contributed by atoms with Gasteiger partial charge in [0.15, 0.2) is 0 Å². The second kappa shape index (κ2) is 13.4. The molecule has 9 heteroatoms. The van der Waals surface area contributed by atoms with Crippen LogP contribution in [0.3, 0.4) is 0 Å². The molecular weight excluding hydrogens is 560 g/mol. The average molecular weight is 602 g/mol. The van der Waals surface area contributed by atoms with Crippen LogP contribution in [0.25, 0.3) is 0 Å². The number of nitrogens with zero attached hydrogens (tertiary/aromatic N) is 2. The highest BCUT2D eigenvalue weighted by Gasteiger charge is 2.44. The zero-order valence-corrected chi connectivity index (χ0v) is 25.6. The molecule has 3 heterocycles. The highest BCUT2D eigenvalue weighted by molar-refractivity contribution is 6.31. The van der Waals surface area contributed by atoms with Gasteiger partial charge in [-0.1, -0.05) is 30.7 Å². The van der Waals surface area contributed by atoms with Gasteiger partial charge in [-0.3, -0.25) is 14.5 Å². The molecule has 3 aliphatic heterocycles. The number of hydrogen-bond acceptors (Lipinski definition) is 4. The normalized spacial score (nSPS) is 23.2. The smallest absolute Gasteiger partial charge is 0.227 e. The fourth-order valence-corrected chi connectivity index (χ4v) is 7.39. The van der Waals surface area contributed by atoms with Gasteiger partial charge in [-0.25, -0.2) is 8.78 Å². The summed E-state index contributed by atoms with van der Waals surface area (Å²) in [5.74, 6) is -1.73. The molecule has 228 valence electrons. The summed E-state index contributed by atoms with van der Waals surface area (Å²) in [6.45, 7) is 9.28. The maximum atomic E-state index is 15.0. The van der Waals surface area contributed by atoms with E-state index in [1.54, 1.807) is 0 Å². The molecule has 3 aliphatic rings. The third-order valence-electron chi connectivity index (χ3n) is 9.51. The van der Waals surface area contributed by atoms with Crippen molar-refractivity contribution >= 4 is 23.4 Å². The number of piperidine rings is 1. The summed E-state index contributed by atoms with van der Waals surface area (Å²) in [7, 11) is 0. The zero-order valence-electron chi connectivity index (χ0n) is 24.8. The summed E-state index contributed by atoms with van der Waals surface area (Å²) in [6, 6.07) is 8.05. The van der Waals surface area contributed by atoms with Gasteiger partial charge in [-0.05, 0) is 79.3 Å². The second-order valence-electron chi connectivity index (χ2n) is 12.2. The molecule has 1 N–H and O–H groups in total. The molecule has 3 saturated heterocycles. The number of carbonyl (C=O) groups is 2. The fourth-order valence-electron chi connectivity index (χ4n) is 7.22. The number of ether oxygens (including phenoxy) is 1. The van der Waals surface area contributed by atoms with E-state index in [2.05, 4.69) is 23.2 Å². The van der Waals surface area contributed by atoms with Gasteiger partial charge in [0, 0.05) is 69.4 Å². The van der Waals surface area contributed by atoms with Crippen molar-refractivity contribution in [3.8, 4) is 0 Å². The van der Waals surface area contributed by atoms with Crippen molar-refractivity contribution in [2.75, 3.05) is 39.4 Å². The third kappa shape index (κ3) is 6.66. The number of carbonyl (C=O) groups excluding carboxylic acids is 2. The summed E-state index contributed by atoms with van der Waals surface area (Å²) in [4.78, 5) is 30.3. The van der Waals surface area contributed by atoms with Gasteiger partial charge < -0.3 is 15.0 Å². The number of aryl methyl sites for hydroxylation is 1. The molecule has 3 fully saturated rings. The number of benzene rings is 2. The topological polar surface area (TPSA) is 61.9 Å². The molecule has 6 nitrogen and oxygen atoms in total. The van der Waals surface area contributed by atoms with Crippen molar-refractivity contribution in [1.29, 1.82) is 0 Å². The lowest BCUT2D eigenvalue weighted by Gasteiger charge is -2.36. The first kappa shape index (κ1) is 30.9. The SMILES string of the molecule is CCC(NC(C)=O)c1cc(C)c(Cl)cc1C1CCN(C(=O)[C@@H]2CN(C3CCOCC3)CC2c2ccc(F)cc2F)CC1. The predicted octanol–water partition coefficient (Wildman–Crippen LogP) is 6.11. The Kier molecular flexibility index (Phi) is 9.85. The van der Waals surface area contributed by atoms with E-state index in [1.165, 1.54) is 19.1 Å². The van der Waals surface area contributed by atoms with Crippen LogP contribution in [0.1, 0.15) is 86.1 Å². The van der Waals surface area contributed by atoms with Crippen molar-refractivity contribution in [2.24, 2.45) is 5.92 Å². The third-order valence-corrected chi connectivity index (χ3v) is 9.91. The Morgan fingerprint density at radius 1 is 1.05 bits per heavy atom. The van der Waals surface area contributed by atoms with Crippen molar-refractivity contribution < 1.29 is 23.1 Å². The number of likely N-dealkylation sites (tertiary alicyclic amines) is 2. The molecule has 2 aromatic carbocycles. The van der Waals surface area contributed by atoms with Gasteiger partial charge in [0.25, 0.3) is 0 Å². The Bertz CT molecular complexity index is 1290. The van der Waals surface area contributed by atoms with Gasteiger partial charge in [0.05, 0.1) is 12.0 Å². The Labute approximate surface area is 252 Å². The Morgan fingerprint density at radius 3 is 2.40 bits per heavy atom. The molecule has 3 atom stereocenters. The zero-order chi connectivity index (χ0) is 30.0. The number of nitrogens with one attached hydrogen (secondary N) is 1. The van der Waals surface area contributed by atoms with Crippen molar-refractivity contribution in [2.45, 2.75) is 76.8 Å². The van der Waals surface area contributed by atoms with Crippen LogP contribution in [-0.2, 0) is 14.3 Å². The van der Waals surface area contributed by atoms with Crippen LogP contribution in [0, 0.1) is 24.5 Å². The lowest BCUT2D eigenvalue weighted by molar-refractivity contribution is -0.136. The second-order valence-corrected chi connectivity index (χ2v) is 12.6. The van der Waals surface area contributed by atoms with Crippen LogP contribution in [0.15, 0.2) is 30.3 Å². The largest absolute Gasteiger partial charge is 0.381 e. The van der Waals surface area contributed by atoms with E-state index >= 15 is 4.39 Å². The van der Waals surface area contributed by atoms with Crippen LogP contribution in [-0.4, -0.2) is 67.0 Å². The molecule has 0 bridgehead atoms. The van der Waals surface area contributed by atoms with Crippen LogP contribution in [0.2, 0.25) is 5.02 Å². The van der Waals surface area contributed by atoms with Gasteiger partial charge >= 0.3 is 0 Å². The van der Waals surface area contributed by atoms with Crippen LogP contribution < -0.4 is 5.32 Å². The molecule has 0 aliphatic carbocycles. The Morgan fingerprint density at radius 2 is 1.76 bits per heavy atom. The number of hydrogen-bond donors (Lipinski definition) is 1. The maximum absolute atomic E-state index is 15.0. The standard InChI is InChI=1S/C33H42ClF2N3O3/c1-4-32(37-21(3)40)27-15-20(2)30(34)17-26(27)22-7-11-38(12-8-22)33(41)29-19-39(24-9-13-42-14-10-24)18-28(29)25-6-5-23(35)16-31(25)36/h5-6,15-17,22,24,28-29,32H,4,7-14,18-19H2,1-3H3,(H,37,40)/t28?,29-,32?/m1/s1. The van der Waals surface area contributed by atoms with Gasteiger partial charge in [-0.2, -0.15) is 0 Å². The molecule has 2 aromatic rings. The highest BCUT2D eigenvalue weighted by atomic mass is 35.5. The van der Waals surface area contributed by atoms with Crippen LogP contribution in [0.4, 0.5) is 8.78 Å². The van der Waals surface area contributed by atoms with Crippen molar-refractivity contribution in [1.82, 2.24) is 15.1 Å². The van der Waals surface area contributed by atoms with E-state index in [0.717, 1.165) is 54.9 Å². The first-order valence-electron chi connectivity index (χ1n) is 15.3. The van der Waals surface area contributed by atoms with Gasteiger partial charge in [-0.15, -0.1) is 0 Å². The summed E-state index contributed by atoms with van der Waals surface area (Å²) in [6.07, 6.45) is 4.10. The molecule has 0 spiro atoms. The van der Waals surface area contributed by atoms with E-state index in [9.17, 15) is 14.0 Å². The minimum Gasteiger partial charge on any atom is -0.381 e. The van der Waals surface area contributed by atoms with E-state index in [4.69, 9.17) is 16.3 Å². The summed E-state index contributed by atoms with van der Waals surface area (Å²) in [5.41, 5.74) is 3.62. The monoisotopic (exact) mass is 601 g/mol. The highest BCUT2D eigenvalue weighted by Crippen LogP contribution is 2.40. The lowest BCUT2D eigenvalue weighted by Crippen LogP contribution is -2.44. The molecule has 5 rings (SSSR count). The average Bonchev–Trinajstić information content (AvgIpc) is 3.42. The fraction of sp³-hybridized carbons (Fsp3) is 0.576. The lowest BCUT2D eigenvalue weighted by atomic mass is 9.82. The molecule has 42 heavy (non-hydrogen) atoms. The van der Waals surface area contributed by atoms with E-state index in [0.29, 0.717) is 56.0 Å². The van der Waals surface area contributed by atoms with Crippen molar-refractivity contribution in [3.05, 3.63) is 69.2 Å². The van der Waals surface area contributed by atoms with Crippen LogP contribution >= 0.6 is 11.6 Å². The maximum Gasteiger partial charge on any atom is 0.227 e.